The van der Waals surface area contributed by atoms with Crippen molar-refractivity contribution in [3.05, 3.63) is 51.8 Å². The molecule has 1 aromatic carbocycles. The normalized spacial score (nSPS) is 19.5. The van der Waals surface area contributed by atoms with E-state index < -0.39 is 0 Å². The van der Waals surface area contributed by atoms with Crippen molar-refractivity contribution in [3.63, 3.8) is 0 Å². The molecule has 1 atom stereocenters. The summed E-state index contributed by atoms with van der Waals surface area (Å²) in [6.45, 7) is 1.94. The average Bonchev–Trinajstić information content (AvgIpc) is 2.58. The van der Waals surface area contributed by atoms with Gasteiger partial charge in [-0.25, -0.2) is 0 Å². The van der Waals surface area contributed by atoms with Gasteiger partial charge in [0.15, 0.2) is 11.5 Å². The van der Waals surface area contributed by atoms with Gasteiger partial charge < -0.3 is 9.47 Å². The van der Waals surface area contributed by atoms with Gasteiger partial charge in [0.1, 0.15) is 0 Å². The van der Waals surface area contributed by atoms with E-state index in [1.807, 2.05) is 6.07 Å². The predicted molar refractivity (Wildman–Crippen MR) is 89.4 cm³/mol. The minimum Gasteiger partial charge on any atom is -0.493 e. The molecule has 2 aromatic rings. The maximum atomic E-state index is 6.09. The van der Waals surface area contributed by atoms with Gasteiger partial charge in [-0.3, -0.25) is 9.88 Å². The van der Waals surface area contributed by atoms with Crippen LogP contribution in [0.25, 0.3) is 0 Å². The van der Waals surface area contributed by atoms with Gasteiger partial charge in [0, 0.05) is 37.4 Å². The molecule has 2 aliphatic heterocycles. The van der Waals surface area contributed by atoms with Gasteiger partial charge in [0.2, 0.25) is 0 Å². The summed E-state index contributed by atoms with van der Waals surface area (Å²) < 4.78 is 10.9. The van der Waals surface area contributed by atoms with E-state index in [2.05, 4.69) is 22.0 Å². The Morgan fingerprint density at radius 2 is 1.91 bits per heavy atom. The number of pyridine rings is 1. The Bertz CT molecular complexity index is 763. The van der Waals surface area contributed by atoms with Crippen LogP contribution in [0.15, 0.2) is 24.4 Å². The highest BCUT2D eigenvalue weighted by atomic mass is 35.5. The van der Waals surface area contributed by atoms with Crippen LogP contribution in [-0.4, -0.2) is 30.6 Å². The Morgan fingerprint density at radius 1 is 1.13 bits per heavy atom. The van der Waals surface area contributed by atoms with E-state index in [4.69, 9.17) is 21.1 Å². The molecule has 4 rings (SSSR count). The lowest BCUT2D eigenvalue weighted by Gasteiger charge is -2.41. The Morgan fingerprint density at radius 3 is 2.70 bits per heavy atom. The minimum atomic E-state index is 0.347. The Balaban J connectivity index is 1.76. The number of hydrogen-bond acceptors (Lipinski definition) is 4. The fraction of sp³-hybridized carbons (Fsp3) is 0.389. The van der Waals surface area contributed by atoms with Gasteiger partial charge in [0.25, 0.3) is 0 Å². The lowest BCUT2D eigenvalue weighted by atomic mass is 9.85. The number of rotatable bonds is 2. The first-order valence-corrected chi connectivity index (χ1v) is 8.19. The summed E-state index contributed by atoms with van der Waals surface area (Å²) in [5.74, 6) is 1.60. The van der Waals surface area contributed by atoms with Crippen LogP contribution >= 0.6 is 11.6 Å². The highest BCUT2D eigenvalue weighted by Gasteiger charge is 2.33. The number of aromatic nitrogens is 1. The maximum absolute atomic E-state index is 6.09. The van der Waals surface area contributed by atoms with E-state index in [1.165, 1.54) is 16.7 Å². The summed E-state index contributed by atoms with van der Waals surface area (Å²) in [6.07, 6.45) is 3.68. The smallest absolute Gasteiger partial charge is 0.161 e. The van der Waals surface area contributed by atoms with Crippen molar-refractivity contribution in [1.29, 1.82) is 0 Å². The molecule has 0 radical (unpaired) electrons. The highest BCUT2D eigenvalue weighted by Crippen LogP contribution is 2.42. The van der Waals surface area contributed by atoms with Crippen molar-refractivity contribution >= 4 is 11.6 Å². The molecule has 4 nitrogen and oxygen atoms in total. The zero-order valence-electron chi connectivity index (χ0n) is 13.3. The van der Waals surface area contributed by atoms with Crippen molar-refractivity contribution in [2.75, 3.05) is 20.8 Å². The zero-order chi connectivity index (χ0) is 16.0. The molecule has 5 heteroatoms. The first-order valence-electron chi connectivity index (χ1n) is 7.81. The molecule has 23 heavy (non-hydrogen) atoms. The number of halogens is 1. The molecule has 0 aliphatic carbocycles. The van der Waals surface area contributed by atoms with E-state index in [9.17, 15) is 0 Å². The topological polar surface area (TPSA) is 34.6 Å². The zero-order valence-corrected chi connectivity index (χ0v) is 14.1. The summed E-state index contributed by atoms with van der Waals surface area (Å²) in [7, 11) is 3.37. The third kappa shape index (κ3) is 2.46. The third-order valence-corrected chi connectivity index (χ3v) is 5.11. The lowest BCUT2D eigenvalue weighted by Crippen LogP contribution is -2.39. The Labute approximate surface area is 141 Å². The number of nitrogens with zero attached hydrogens (tertiary/aromatic N) is 2. The molecule has 0 spiro atoms. The average molecular weight is 331 g/mol. The molecular weight excluding hydrogens is 312 g/mol. The molecule has 1 aromatic heterocycles. The van der Waals surface area contributed by atoms with Crippen LogP contribution in [0.4, 0.5) is 0 Å². The summed E-state index contributed by atoms with van der Waals surface area (Å²) in [5.41, 5.74) is 5.08. The monoisotopic (exact) mass is 330 g/mol. The molecule has 3 heterocycles. The van der Waals surface area contributed by atoms with E-state index >= 15 is 0 Å². The molecule has 0 saturated carbocycles. The second-order valence-electron chi connectivity index (χ2n) is 6.11. The molecular formula is C18H19ClN2O2. The van der Waals surface area contributed by atoms with Crippen molar-refractivity contribution in [1.82, 2.24) is 9.88 Å². The van der Waals surface area contributed by atoms with Gasteiger partial charge >= 0.3 is 0 Å². The Kier molecular flexibility index (Phi) is 3.66. The number of ether oxygens (including phenoxy) is 2. The third-order valence-electron chi connectivity index (χ3n) is 4.90. The maximum Gasteiger partial charge on any atom is 0.161 e. The van der Waals surface area contributed by atoms with Crippen LogP contribution < -0.4 is 9.47 Å². The highest BCUT2D eigenvalue weighted by molar-refractivity contribution is 6.30. The van der Waals surface area contributed by atoms with Crippen molar-refractivity contribution < 1.29 is 9.47 Å². The van der Waals surface area contributed by atoms with Crippen LogP contribution in [0, 0.1) is 0 Å². The van der Waals surface area contributed by atoms with Gasteiger partial charge in [0.05, 0.1) is 19.2 Å². The second kappa shape index (κ2) is 5.69. The number of hydrogen-bond donors (Lipinski definition) is 0. The molecule has 0 bridgehead atoms. The van der Waals surface area contributed by atoms with Crippen molar-refractivity contribution in [3.8, 4) is 11.5 Å². The van der Waals surface area contributed by atoms with Crippen LogP contribution in [0.3, 0.4) is 0 Å². The van der Waals surface area contributed by atoms with Gasteiger partial charge in [-0.15, -0.1) is 0 Å². The number of methoxy groups -OCH3 is 2. The van der Waals surface area contributed by atoms with Crippen LogP contribution in [0.5, 0.6) is 11.5 Å². The summed E-state index contributed by atoms with van der Waals surface area (Å²) in [4.78, 5) is 7.05. The summed E-state index contributed by atoms with van der Waals surface area (Å²) in [6, 6.07) is 6.65. The van der Waals surface area contributed by atoms with Crippen LogP contribution in [0.2, 0.25) is 5.02 Å². The SMILES string of the molecule is COc1cc2c(cc1OC)[C@H]1Cc3ncc(Cl)cc3CN1CC2. The number of benzene rings is 1. The molecule has 120 valence electrons. The molecule has 0 unspecified atom stereocenters. The molecule has 2 aliphatic rings. The first kappa shape index (κ1) is 14.8. The standard InChI is InChI=1S/C18H19ClN2O2/c1-22-17-6-11-3-4-21-10-12-5-13(19)9-20-15(12)8-16(21)14(11)7-18(17)23-2/h5-7,9,16H,3-4,8,10H2,1-2H3/t16-/m1/s1. The predicted octanol–water partition coefficient (Wildman–Crippen LogP) is 3.41. The molecule has 0 N–H and O–H groups in total. The summed E-state index contributed by atoms with van der Waals surface area (Å²) >= 11 is 6.09. The summed E-state index contributed by atoms with van der Waals surface area (Å²) in [5, 5.41) is 0.714. The Hall–Kier alpha value is -1.78. The number of fused-ring (bicyclic) bond motifs is 4. The van der Waals surface area contributed by atoms with Gasteiger partial charge in [-0.2, -0.15) is 0 Å². The van der Waals surface area contributed by atoms with Crippen LogP contribution in [-0.2, 0) is 19.4 Å². The quantitative estimate of drug-likeness (QED) is 0.845. The van der Waals surface area contributed by atoms with E-state index in [-0.39, 0.29) is 0 Å². The van der Waals surface area contributed by atoms with E-state index in [1.54, 1.807) is 20.4 Å². The van der Waals surface area contributed by atoms with Crippen molar-refractivity contribution in [2.45, 2.75) is 25.4 Å². The van der Waals surface area contributed by atoms with Gasteiger partial charge in [-0.05, 0) is 41.3 Å². The van der Waals surface area contributed by atoms with Crippen LogP contribution in [0.1, 0.15) is 28.4 Å². The second-order valence-corrected chi connectivity index (χ2v) is 6.54. The van der Waals surface area contributed by atoms with Crippen molar-refractivity contribution in [2.24, 2.45) is 0 Å². The van der Waals surface area contributed by atoms with E-state index in [0.29, 0.717) is 11.1 Å². The fourth-order valence-electron chi connectivity index (χ4n) is 3.74. The first-order chi connectivity index (χ1) is 11.2. The fourth-order valence-corrected chi connectivity index (χ4v) is 3.92. The minimum absolute atomic E-state index is 0.347. The molecule has 0 fully saturated rings. The largest absolute Gasteiger partial charge is 0.493 e. The molecule has 0 saturated heterocycles. The van der Waals surface area contributed by atoms with Gasteiger partial charge in [-0.1, -0.05) is 11.6 Å². The molecule has 0 amide bonds. The van der Waals surface area contributed by atoms with E-state index in [0.717, 1.165) is 43.1 Å². The lowest BCUT2D eigenvalue weighted by molar-refractivity contribution is 0.158.